The van der Waals surface area contributed by atoms with E-state index in [9.17, 15) is 0 Å². The van der Waals surface area contributed by atoms with Gasteiger partial charge in [0.05, 0.1) is 0 Å². The molecule has 6 N–H and O–H groups in total. The standard InChI is InChI=1S/C15H26N6/c16-10-2-4-20(8-10)12-6-9-5-11(12)13(7-9)21-14(17)1-3-19-15(21)18/h1,3,9-14H,2,4-8,16-17H2,(H2,18,19)/t9?,10-,11?,12?,13?,14?/m1/s1. The first-order valence-electron chi connectivity index (χ1n) is 8.17. The molecule has 4 aliphatic rings. The fourth-order valence-electron chi connectivity index (χ4n) is 5.04. The maximum absolute atomic E-state index is 6.25. The Hall–Kier alpha value is -1.11. The molecule has 0 aromatic rings. The summed E-state index contributed by atoms with van der Waals surface area (Å²) in [5.41, 5.74) is 18.5. The van der Waals surface area contributed by atoms with Crippen molar-refractivity contribution in [2.45, 2.75) is 50.0 Å². The zero-order valence-corrected chi connectivity index (χ0v) is 12.4. The summed E-state index contributed by atoms with van der Waals surface area (Å²) in [5, 5.41) is 0. The van der Waals surface area contributed by atoms with Crippen molar-refractivity contribution in [3.05, 3.63) is 12.3 Å². The number of hydrogen-bond acceptors (Lipinski definition) is 6. The quantitative estimate of drug-likeness (QED) is 0.644. The maximum atomic E-state index is 6.25. The van der Waals surface area contributed by atoms with Gasteiger partial charge in [0.1, 0.15) is 6.17 Å². The summed E-state index contributed by atoms with van der Waals surface area (Å²) in [6, 6.07) is 1.46. The molecule has 2 aliphatic carbocycles. The molecule has 3 fully saturated rings. The highest BCUT2D eigenvalue weighted by Gasteiger charge is 2.51. The molecule has 5 unspecified atom stereocenters. The first-order valence-corrected chi connectivity index (χ1v) is 8.17. The molecule has 2 bridgehead atoms. The van der Waals surface area contributed by atoms with Gasteiger partial charge in [0, 0.05) is 37.4 Å². The predicted octanol–water partition coefficient (Wildman–Crippen LogP) is -0.385. The highest BCUT2D eigenvalue weighted by Crippen LogP contribution is 2.49. The van der Waals surface area contributed by atoms with Crippen LogP contribution in [0.4, 0.5) is 0 Å². The first kappa shape index (κ1) is 13.5. The van der Waals surface area contributed by atoms with Gasteiger partial charge in [-0.25, -0.2) is 4.99 Å². The van der Waals surface area contributed by atoms with Crippen molar-refractivity contribution in [1.82, 2.24) is 9.80 Å². The normalized spacial score (nSPS) is 46.4. The molecular weight excluding hydrogens is 264 g/mol. The second-order valence-corrected chi connectivity index (χ2v) is 7.14. The summed E-state index contributed by atoms with van der Waals surface area (Å²) in [4.78, 5) is 9.01. The average molecular weight is 290 g/mol. The largest absolute Gasteiger partial charge is 0.369 e. The molecule has 0 aromatic carbocycles. The molecule has 116 valence electrons. The highest BCUT2D eigenvalue weighted by molar-refractivity contribution is 5.80. The van der Waals surface area contributed by atoms with Gasteiger partial charge in [-0.1, -0.05) is 0 Å². The molecule has 4 rings (SSSR count). The summed E-state index contributed by atoms with van der Waals surface area (Å²) in [7, 11) is 0. The van der Waals surface area contributed by atoms with Crippen LogP contribution in [0.2, 0.25) is 0 Å². The smallest absolute Gasteiger partial charge is 0.197 e. The fraction of sp³-hybridized carbons (Fsp3) is 0.800. The van der Waals surface area contributed by atoms with E-state index < -0.39 is 0 Å². The van der Waals surface area contributed by atoms with Crippen LogP contribution in [0.3, 0.4) is 0 Å². The number of aliphatic imine (C=N–C) groups is 1. The third-order valence-corrected chi connectivity index (χ3v) is 5.90. The molecule has 0 radical (unpaired) electrons. The number of hydrogen-bond donors (Lipinski definition) is 3. The van der Waals surface area contributed by atoms with Crippen molar-refractivity contribution in [3.8, 4) is 0 Å². The first-order chi connectivity index (χ1) is 10.1. The molecule has 6 heteroatoms. The molecular formula is C15H26N6. The summed E-state index contributed by atoms with van der Waals surface area (Å²) in [6.07, 6.45) is 8.50. The topological polar surface area (TPSA) is 96.9 Å². The van der Waals surface area contributed by atoms with Crippen molar-refractivity contribution in [2.24, 2.45) is 34.0 Å². The Balaban J connectivity index is 1.53. The molecule has 6 atom stereocenters. The SMILES string of the molecule is NC1=NC=CC(N)N1C1CC2CC1C(N1CC[C@@H](N)C1)C2. The van der Waals surface area contributed by atoms with Gasteiger partial charge in [0.2, 0.25) is 0 Å². The van der Waals surface area contributed by atoms with Gasteiger partial charge in [-0.15, -0.1) is 0 Å². The summed E-state index contributed by atoms with van der Waals surface area (Å²) in [6.45, 7) is 2.20. The van der Waals surface area contributed by atoms with Gasteiger partial charge < -0.3 is 22.1 Å². The van der Waals surface area contributed by atoms with E-state index in [1.54, 1.807) is 6.20 Å². The number of nitrogens with two attached hydrogens (primary N) is 3. The zero-order chi connectivity index (χ0) is 14.6. The lowest BCUT2D eigenvalue weighted by molar-refractivity contribution is 0.103. The van der Waals surface area contributed by atoms with E-state index in [0.717, 1.165) is 25.4 Å². The van der Waals surface area contributed by atoms with Crippen molar-refractivity contribution in [3.63, 3.8) is 0 Å². The van der Waals surface area contributed by atoms with E-state index in [2.05, 4.69) is 14.8 Å². The lowest BCUT2D eigenvalue weighted by Gasteiger charge is -2.43. The van der Waals surface area contributed by atoms with Crippen LogP contribution in [0.15, 0.2) is 17.3 Å². The van der Waals surface area contributed by atoms with Gasteiger partial charge in [-0.2, -0.15) is 0 Å². The van der Waals surface area contributed by atoms with Crippen LogP contribution < -0.4 is 17.2 Å². The second kappa shape index (κ2) is 4.97. The lowest BCUT2D eigenvalue weighted by atomic mass is 9.88. The molecule has 0 aromatic heterocycles. The molecule has 2 heterocycles. The minimum atomic E-state index is -0.131. The molecule has 21 heavy (non-hydrogen) atoms. The third-order valence-electron chi connectivity index (χ3n) is 5.90. The van der Waals surface area contributed by atoms with Crippen LogP contribution in [-0.2, 0) is 0 Å². The molecule has 0 amide bonds. The van der Waals surface area contributed by atoms with Crippen LogP contribution >= 0.6 is 0 Å². The van der Waals surface area contributed by atoms with Crippen LogP contribution in [0, 0.1) is 11.8 Å². The number of likely N-dealkylation sites (tertiary alicyclic amines) is 1. The van der Waals surface area contributed by atoms with E-state index in [1.807, 2.05) is 6.08 Å². The minimum Gasteiger partial charge on any atom is -0.369 e. The van der Waals surface area contributed by atoms with E-state index in [1.165, 1.54) is 19.3 Å². The zero-order valence-electron chi connectivity index (χ0n) is 12.4. The van der Waals surface area contributed by atoms with Crippen molar-refractivity contribution in [1.29, 1.82) is 0 Å². The van der Waals surface area contributed by atoms with Gasteiger partial charge in [-0.05, 0) is 43.6 Å². The summed E-state index contributed by atoms with van der Waals surface area (Å²) < 4.78 is 0. The van der Waals surface area contributed by atoms with Crippen LogP contribution in [0.5, 0.6) is 0 Å². The van der Waals surface area contributed by atoms with Crippen LogP contribution in [0.25, 0.3) is 0 Å². The van der Waals surface area contributed by atoms with E-state index in [4.69, 9.17) is 17.2 Å². The van der Waals surface area contributed by atoms with Crippen molar-refractivity contribution >= 4 is 5.96 Å². The predicted molar refractivity (Wildman–Crippen MR) is 83.1 cm³/mol. The van der Waals surface area contributed by atoms with E-state index in [-0.39, 0.29) is 6.17 Å². The molecule has 2 aliphatic heterocycles. The lowest BCUT2D eigenvalue weighted by Crippen LogP contribution is -2.58. The summed E-state index contributed by atoms with van der Waals surface area (Å²) in [5.74, 6) is 2.05. The van der Waals surface area contributed by atoms with Crippen LogP contribution in [0.1, 0.15) is 25.7 Å². The number of nitrogens with zero attached hydrogens (tertiary/aromatic N) is 3. The Morgan fingerprint density at radius 3 is 2.62 bits per heavy atom. The van der Waals surface area contributed by atoms with E-state index in [0.29, 0.717) is 30.0 Å². The minimum absolute atomic E-state index is 0.131. The third kappa shape index (κ3) is 2.17. The Morgan fingerprint density at radius 2 is 1.95 bits per heavy atom. The monoisotopic (exact) mass is 290 g/mol. The van der Waals surface area contributed by atoms with Crippen molar-refractivity contribution in [2.75, 3.05) is 13.1 Å². The molecule has 0 spiro atoms. The number of guanidine groups is 1. The maximum Gasteiger partial charge on any atom is 0.197 e. The molecule has 6 nitrogen and oxygen atoms in total. The average Bonchev–Trinajstić information content (AvgIpc) is 3.13. The second-order valence-electron chi connectivity index (χ2n) is 7.14. The number of rotatable bonds is 2. The Bertz CT molecular complexity index is 475. The Labute approximate surface area is 126 Å². The van der Waals surface area contributed by atoms with Gasteiger partial charge >= 0.3 is 0 Å². The van der Waals surface area contributed by atoms with Gasteiger partial charge in [0.25, 0.3) is 0 Å². The fourth-order valence-corrected chi connectivity index (χ4v) is 5.04. The molecule has 1 saturated heterocycles. The summed E-state index contributed by atoms with van der Waals surface area (Å²) >= 11 is 0. The Morgan fingerprint density at radius 1 is 1.14 bits per heavy atom. The van der Waals surface area contributed by atoms with Gasteiger partial charge in [0.15, 0.2) is 5.96 Å². The number of fused-ring (bicyclic) bond motifs is 2. The van der Waals surface area contributed by atoms with Gasteiger partial charge in [-0.3, -0.25) is 4.90 Å². The highest BCUT2D eigenvalue weighted by atomic mass is 15.4. The Kier molecular flexibility index (Phi) is 3.20. The molecule has 2 saturated carbocycles. The van der Waals surface area contributed by atoms with Crippen LogP contribution in [-0.4, -0.2) is 53.1 Å². The van der Waals surface area contributed by atoms with E-state index >= 15 is 0 Å². The van der Waals surface area contributed by atoms with Crippen molar-refractivity contribution < 1.29 is 0 Å².